The molecule has 0 saturated heterocycles. The molecule has 4 aromatic rings. The zero-order valence-corrected chi connectivity index (χ0v) is 14.4. The van der Waals surface area contributed by atoms with Crippen LogP contribution in [0.15, 0.2) is 65.5 Å². The fourth-order valence-electron chi connectivity index (χ4n) is 2.42. The van der Waals surface area contributed by atoms with Crippen molar-refractivity contribution in [3.63, 3.8) is 0 Å². The minimum Gasteiger partial charge on any atom is -0.339 e. The van der Waals surface area contributed by atoms with Crippen LogP contribution in [0.2, 0.25) is 0 Å². The SMILES string of the molecule is Fc1ccc(Br)cc1-c1nc(Nc2ccncc2)c2cccnc2n1. The summed E-state index contributed by atoms with van der Waals surface area (Å²) in [6.07, 6.45) is 5.00. The van der Waals surface area contributed by atoms with E-state index in [1.165, 1.54) is 6.07 Å². The van der Waals surface area contributed by atoms with E-state index < -0.39 is 5.82 Å². The van der Waals surface area contributed by atoms with E-state index in [4.69, 9.17) is 0 Å². The maximum atomic E-state index is 14.3. The average Bonchev–Trinajstić information content (AvgIpc) is 2.64. The van der Waals surface area contributed by atoms with Crippen LogP contribution in [0.1, 0.15) is 0 Å². The summed E-state index contributed by atoms with van der Waals surface area (Å²) >= 11 is 3.36. The summed E-state index contributed by atoms with van der Waals surface area (Å²) in [4.78, 5) is 17.2. The molecule has 0 unspecified atom stereocenters. The number of benzene rings is 1. The van der Waals surface area contributed by atoms with Gasteiger partial charge in [0.05, 0.1) is 10.9 Å². The Morgan fingerprint density at radius 2 is 1.80 bits per heavy atom. The Bertz CT molecular complexity index is 1060. The molecule has 0 aliphatic rings. The molecule has 0 fully saturated rings. The zero-order valence-electron chi connectivity index (χ0n) is 12.8. The van der Waals surface area contributed by atoms with Crippen LogP contribution in [0.4, 0.5) is 15.9 Å². The highest BCUT2D eigenvalue weighted by Gasteiger charge is 2.14. The summed E-state index contributed by atoms with van der Waals surface area (Å²) < 4.78 is 15.0. The van der Waals surface area contributed by atoms with Gasteiger partial charge in [-0.1, -0.05) is 15.9 Å². The number of anilines is 2. The standard InChI is InChI=1S/C18H11BrFN5/c19-11-3-4-15(20)14(10-11)18-24-16-13(2-1-7-22-16)17(25-18)23-12-5-8-21-9-6-12/h1-10H,(H,21,22,23,24,25). The van der Waals surface area contributed by atoms with Crippen LogP contribution in [-0.2, 0) is 0 Å². The van der Waals surface area contributed by atoms with Gasteiger partial charge in [0.2, 0.25) is 0 Å². The second-order valence-electron chi connectivity index (χ2n) is 5.26. The molecule has 1 aromatic carbocycles. The molecule has 4 rings (SSSR count). The first kappa shape index (κ1) is 15.6. The van der Waals surface area contributed by atoms with E-state index >= 15 is 0 Å². The number of aromatic nitrogens is 4. The zero-order chi connectivity index (χ0) is 17.2. The van der Waals surface area contributed by atoms with Gasteiger partial charge in [-0.05, 0) is 42.5 Å². The Labute approximate surface area is 151 Å². The Hall–Kier alpha value is -2.93. The lowest BCUT2D eigenvalue weighted by atomic mass is 10.2. The van der Waals surface area contributed by atoms with Gasteiger partial charge in [-0.15, -0.1) is 0 Å². The van der Waals surface area contributed by atoms with Gasteiger partial charge in [0.25, 0.3) is 0 Å². The molecular formula is C18H11BrFN5. The van der Waals surface area contributed by atoms with Gasteiger partial charge in [0, 0.05) is 28.8 Å². The van der Waals surface area contributed by atoms with E-state index in [1.807, 2.05) is 24.3 Å². The minimum atomic E-state index is -0.395. The summed E-state index contributed by atoms with van der Waals surface area (Å²) in [5.74, 6) is 0.425. The Kier molecular flexibility index (Phi) is 4.07. The van der Waals surface area contributed by atoms with Gasteiger partial charge in [-0.3, -0.25) is 4.98 Å². The van der Waals surface area contributed by atoms with E-state index in [1.54, 1.807) is 30.7 Å². The Balaban J connectivity index is 1.91. The Morgan fingerprint density at radius 3 is 2.64 bits per heavy atom. The molecule has 0 radical (unpaired) electrons. The molecule has 25 heavy (non-hydrogen) atoms. The van der Waals surface area contributed by atoms with Crippen LogP contribution in [0, 0.1) is 5.82 Å². The van der Waals surface area contributed by atoms with Crippen LogP contribution in [0.25, 0.3) is 22.4 Å². The molecule has 5 nitrogen and oxygen atoms in total. The van der Waals surface area contributed by atoms with E-state index in [0.29, 0.717) is 17.0 Å². The van der Waals surface area contributed by atoms with Gasteiger partial charge in [0.15, 0.2) is 11.5 Å². The average molecular weight is 396 g/mol. The molecular weight excluding hydrogens is 385 g/mol. The molecule has 0 bridgehead atoms. The number of nitrogens with one attached hydrogen (secondary N) is 1. The molecule has 3 aromatic heterocycles. The molecule has 0 atom stereocenters. The number of pyridine rings is 2. The number of nitrogens with zero attached hydrogens (tertiary/aromatic N) is 4. The molecule has 0 aliphatic heterocycles. The molecule has 122 valence electrons. The largest absolute Gasteiger partial charge is 0.339 e. The van der Waals surface area contributed by atoms with E-state index in [0.717, 1.165) is 15.5 Å². The summed E-state index contributed by atoms with van der Waals surface area (Å²) in [6.45, 7) is 0. The van der Waals surface area contributed by atoms with E-state index in [9.17, 15) is 4.39 Å². The van der Waals surface area contributed by atoms with Crippen molar-refractivity contribution >= 4 is 38.5 Å². The summed E-state index contributed by atoms with van der Waals surface area (Å²) in [5.41, 5.74) is 1.61. The number of hydrogen-bond acceptors (Lipinski definition) is 5. The Morgan fingerprint density at radius 1 is 0.960 bits per heavy atom. The highest BCUT2D eigenvalue weighted by atomic mass is 79.9. The lowest BCUT2D eigenvalue weighted by molar-refractivity contribution is 0.630. The van der Waals surface area contributed by atoms with Crippen LogP contribution >= 0.6 is 15.9 Å². The summed E-state index contributed by atoms with van der Waals surface area (Å²) in [6, 6.07) is 12.0. The summed E-state index contributed by atoms with van der Waals surface area (Å²) in [5, 5.41) is 3.97. The van der Waals surface area contributed by atoms with Gasteiger partial charge >= 0.3 is 0 Å². The van der Waals surface area contributed by atoms with Crippen molar-refractivity contribution in [2.75, 3.05) is 5.32 Å². The fourth-order valence-corrected chi connectivity index (χ4v) is 2.78. The summed E-state index contributed by atoms with van der Waals surface area (Å²) in [7, 11) is 0. The van der Waals surface area contributed by atoms with Crippen LogP contribution in [-0.4, -0.2) is 19.9 Å². The first-order chi connectivity index (χ1) is 12.2. The monoisotopic (exact) mass is 395 g/mol. The first-order valence-electron chi connectivity index (χ1n) is 7.46. The smallest absolute Gasteiger partial charge is 0.166 e. The molecule has 0 saturated carbocycles. The maximum Gasteiger partial charge on any atom is 0.166 e. The third-order valence-electron chi connectivity index (χ3n) is 3.58. The lowest BCUT2D eigenvalue weighted by Gasteiger charge is -2.11. The van der Waals surface area contributed by atoms with Gasteiger partial charge in [-0.25, -0.2) is 19.3 Å². The van der Waals surface area contributed by atoms with Gasteiger partial charge < -0.3 is 5.32 Å². The highest BCUT2D eigenvalue weighted by molar-refractivity contribution is 9.10. The molecule has 1 N–H and O–H groups in total. The fraction of sp³-hybridized carbons (Fsp3) is 0. The lowest BCUT2D eigenvalue weighted by Crippen LogP contribution is -2.01. The van der Waals surface area contributed by atoms with Crippen molar-refractivity contribution in [3.05, 3.63) is 71.3 Å². The van der Waals surface area contributed by atoms with Crippen LogP contribution in [0.5, 0.6) is 0 Å². The predicted octanol–water partition coefficient (Wildman–Crippen LogP) is 4.73. The van der Waals surface area contributed by atoms with Crippen molar-refractivity contribution in [2.24, 2.45) is 0 Å². The maximum absolute atomic E-state index is 14.3. The second-order valence-corrected chi connectivity index (χ2v) is 6.17. The van der Waals surface area contributed by atoms with Crippen LogP contribution in [0.3, 0.4) is 0 Å². The van der Waals surface area contributed by atoms with Gasteiger partial charge in [-0.2, -0.15) is 0 Å². The highest BCUT2D eigenvalue weighted by Crippen LogP contribution is 2.29. The number of hydrogen-bond donors (Lipinski definition) is 1. The molecule has 0 amide bonds. The normalized spacial score (nSPS) is 10.8. The number of halogens is 2. The van der Waals surface area contributed by atoms with Crippen molar-refractivity contribution in [1.82, 2.24) is 19.9 Å². The quantitative estimate of drug-likeness (QED) is 0.543. The van der Waals surface area contributed by atoms with E-state index in [-0.39, 0.29) is 5.82 Å². The van der Waals surface area contributed by atoms with Crippen molar-refractivity contribution in [1.29, 1.82) is 0 Å². The second kappa shape index (κ2) is 6.52. The topological polar surface area (TPSA) is 63.6 Å². The molecule has 3 heterocycles. The van der Waals surface area contributed by atoms with Crippen molar-refractivity contribution in [3.8, 4) is 11.4 Å². The van der Waals surface area contributed by atoms with Crippen LogP contribution < -0.4 is 5.32 Å². The van der Waals surface area contributed by atoms with Gasteiger partial charge in [0.1, 0.15) is 11.6 Å². The first-order valence-corrected chi connectivity index (χ1v) is 8.25. The molecule has 0 spiro atoms. The molecule has 0 aliphatic carbocycles. The number of fused-ring (bicyclic) bond motifs is 1. The predicted molar refractivity (Wildman–Crippen MR) is 97.9 cm³/mol. The minimum absolute atomic E-state index is 0.265. The number of rotatable bonds is 3. The van der Waals surface area contributed by atoms with Crippen molar-refractivity contribution in [2.45, 2.75) is 0 Å². The van der Waals surface area contributed by atoms with E-state index in [2.05, 4.69) is 41.2 Å². The third-order valence-corrected chi connectivity index (χ3v) is 4.08. The molecule has 7 heteroatoms. The van der Waals surface area contributed by atoms with Crippen molar-refractivity contribution < 1.29 is 4.39 Å². The third kappa shape index (κ3) is 3.18.